The van der Waals surface area contributed by atoms with Crippen molar-refractivity contribution >= 4 is 17.7 Å². The van der Waals surface area contributed by atoms with Crippen LogP contribution in [0.15, 0.2) is 42.6 Å². The minimum absolute atomic E-state index is 0.0465. The lowest BCUT2D eigenvalue weighted by Gasteiger charge is -2.17. The normalized spacial score (nSPS) is 14.7. The second-order valence-corrected chi connectivity index (χ2v) is 7.92. The molecule has 0 spiro atoms. The van der Waals surface area contributed by atoms with E-state index < -0.39 is 12.0 Å². The van der Waals surface area contributed by atoms with Crippen molar-refractivity contribution in [3.8, 4) is 5.75 Å². The Labute approximate surface area is 189 Å². The first kappa shape index (κ1) is 23.7. The number of methoxy groups -OCH3 is 2. The highest BCUT2D eigenvalue weighted by Gasteiger charge is 2.22. The second kappa shape index (κ2) is 12.2. The Balaban J connectivity index is 1.46. The van der Waals surface area contributed by atoms with E-state index >= 15 is 0 Å². The fraction of sp³-hybridized carbons (Fsp3) is 0.458. The van der Waals surface area contributed by atoms with Gasteiger partial charge in [-0.25, -0.2) is 4.98 Å². The van der Waals surface area contributed by atoms with Crippen LogP contribution in [0, 0.1) is 0 Å². The number of esters is 1. The number of carbonyl (C=O) groups is 2. The number of ether oxygens (including phenoxy) is 2. The van der Waals surface area contributed by atoms with Crippen LogP contribution in [0.1, 0.15) is 30.4 Å². The molecule has 0 radical (unpaired) electrons. The number of hydrogen-bond acceptors (Lipinski definition) is 7. The highest BCUT2D eigenvalue weighted by molar-refractivity contribution is 5.93. The molecule has 1 aromatic heterocycles. The highest BCUT2D eigenvalue weighted by Crippen LogP contribution is 2.14. The number of aromatic nitrogens is 1. The third-order valence-electron chi connectivity index (χ3n) is 5.55. The van der Waals surface area contributed by atoms with E-state index in [9.17, 15) is 9.59 Å². The van der Waals surface area contributed by atoms with E-state index in [0.29, 0.717) is 18.1 Å². The largest absolute Gasteiger partial charge is 0.495 e. The first-order valence-electron chi connectivity index (χ1n) is 11.0. The van der Waals surface area contributed by atoms with Crippen LogP contribution in [0.25, 0.3) is 0 Å². The Kier molecular flexibility index (Phi) is 9.01. The number of carbonyl (C=O) groups excluding carboxylic acids is 2. The summed E-state index contributed by atoms with van der Waals surface area (Å²) in [6.07, 6.45) is 4.80. The van der Waals surface area contributed by atoms with Crippen LogP contribution in [-0.4, -0.2) is 61.7 Å². The minimum atomic E-state index is -0.729. The van der Waals surface area contributed by atoms with Crippen molar-refractivity contribution < 1.29 is 19.1 Å². The molecule has 1 atom stereocenters. The van der Waals surface area contributed by atoms with Gasteiger partial charge in [0.1, 0.15) is 17.6 Å². The topological polar surface area (TPSA) is 92.8 Å². The third kappa shape index (κ3) is 7.32. The van der Waals surface area contributed by atoms with Crippen LogP contribution in [-0.2, 0) is 27.3 Å². The Morgan fingerprint density at radius 2 is 1.78 bits per heavy atom. The van der Waals surface area contributed by atoms with Gasteiger partial charge in [0.05, 0.1) is 26.8 Å². The van der Waals surface area contributed by atoms with E-state index in [4.69, 9.17) is 9.47 Å². The maximum Gasteiger partial charge on any atom is 0.323 e. The number of benzene rings is 1. The van der Waals surface area contributed by atoms with Crippen LogP contribution < -0.4 is 15.4 Å². The SMILES string of the molecule is COC(=O)C(CC(=O)Nc1ccc(OC)cn1)NCCc1ccc(CN2CCCC2)cc1. The van der Waals surface area contributed by atoms with E-state index in [0.717, 1.165) is 13.0 Å². The van der Waals surface area contributed by atoms with Gasteiger partial charge in [0, 0.05) is 6.54 Å². The number of pyridine rings is 1. The predicted molar refractivity (Wildman–Crippen MR) is 122 cm³/mol. The number of amides is 1. The zero-order valence-corrected chi connectivity index (χ0v) is 18.8. The summed E-state index contributed by atoms with van der Waals surface area (Å²) in [7, 11) is 2.86. The molecule has 0 saturated carbocycles. The predicted octanol–water partition coefficient (Wildman–Crippen LogP) is 2.39. The standard InChI is InChI=1S/C24H32N4O4/c1-31-20-9-10-22(26-16-20)27-23(29)15-21(24(30)32-2)25-12-11-18-5-7-19(8-6-18)17-28-13-3-4-14-28/h5-10,16,21,25H,3-4,11-15,17H2,1-2H3,(H,26,27,29). The summed E-state index contributed by atoms with van der Waals surface area (Å²) in [5.74, 6) is 0.204. The third-order valence-corrected chi connectivity index (χ3v) is 5.55. The smallest absolute Gasteiger partial charge is 0.323 e. The molecule has 1 aromatic carbocycles. The van der Waals surface area contributed by atoms with Crippen molar-refractivity contribution in [2.75, 3.05) is 39.2 Å². The number of nitrogens with one attached hydrogen (secondary N) is 2. The monoisotopic (exact) mass is 440 g/mol. The molecule has 8 nitrogen and oxygen atoms in total. The number of nitrogens with zero attached hydrogens (tertiary/aromatic N) is 2. The van der Waals surface area contributed by atoms with Crippen molar-refractivity contribution in [3.05, 3.63) is 53.7 Å². The summed E-state index contributed by atoms with van der Waals surface area (Å²) in [4.78, 5) is 31.1. The fourth-order valence-corrected chi connectivity index (χ4v) is 3.74. The van der Waals surface area contributed by atoms with Crippen LogP contribution in [0.4, 0.5) is 5.82 Å². The summed E-state index contributed by atoms with van der Waals surface area (Å²) in [6.45, 7) is 3.92. The molecule has 2 N–H and O–H groups in total. The van der Waals surface area contributed by atoms with Gasteiger partial charge in [-0.2, -0.15) is 0 Å². The van der Waals surface area contributed by atoms with E-state index in [1.54, 1.807) is 19.2 Å². The van der Waals surface area contributed by atoms with Crippen molar-refractivity contribution in [2.45, 2.75) is 38.3 Å². The average molecular weight is 441 g/mol. The summed E-state index contributed by atoms with van der Waals surface area (Å²) in [6, 6.07) is 11.2. The fourth-order valence-electron chi connectivity index (χ4n) is 3.74. The highest BCUT2D eigenvalue weighted by atomic mass is 16.5. The number of likely N-dealkylation sites (tertiary alicyclic amines) is 1. The summed E-state index contributed by atoms with van der Waals surface area (Å²) >= 11 is 0. The summed E-state index contributed by atoms with van der Waals surface area (Å²) in [5, 5.41) is 5.83. The van der Waals surface area contributed by atoms with Crippen molar-refractivity contribution in [1.29, 1.82) is 0 Å². The molecule has 1 saturated heterocycles. The van der Waals surface area contributed by atoms with E-state index in [1.807, 2.05) is 0 Å². The minimum Gasteiger partial charge on any atom is -0.495 e. The quantitative estimate of drug-likeness (QED) is 0.518. The van der Waals surface area contributed by atoms with Crippen LogP contribution in [0.2, 0.25) is 0 Å². The van der Waals surface area contributed by atoms with Gasteiger partial charge in [0.2, 0.25) is 5.91 Å². The summed E-state index contributed by atoms with van der Waals surface area (Å²) in [5.41, 5.74) is 2.50. The van der Waals surface area contributed by atoms with Crippen molar-refractivity contribution in [3.63, 3.8) is 0 Å². The molecule has 0 bridgehead atoms. The zero-order valence-electron chi connectivity index (χ0n) is 18.8. The maximum absolute atomic E-state index is 12.4. The van der Waals surface area contributed by atoms with E-state index in [2.05, 4.69) is 44.8 Å². The van der Waals surface area contributed by atoms with Gasteiger partial charge in [-0.15, -0.1) is 0 Å². The molecule has 1 aliphatic rings. The lowest BCUT2D eigenvalue weighted by molar-refractivity contribution is -0.144. The average Bonchev–Trinajstić information content (AvgIpc) is 3.32. The summed E-state index contributed by atoms with van der Waals surface area (Å²) < 4.78 is 9.91. The molecule has 2 heterocycles. The molecular formula is C24H32N4O4. The first-order chi connectivity index (χ1) is 15.6. The number of anilines is 1. The van der Waals surface area contributed by atoms with Gasteiger partial charge in [0.15, 0.2) is 0 Å². The van der Waals surface area contributed by atoms with Crippen LogP contribution in [0.3, 0.4) is 0 Å². The maximum atomic E-state index is 12.4. The molecule has 1 amide bonds. The van der Waals surface area contributed by atoms with Crippen LogP contribution in [0.5, 0.6) is 5.75 Å². The van der Waals surface area contributed by atoms with Gasteiger partial charge < -0.3 is 20.1 Å². The first-order valence-corrected chi connectivity index (χ1v) is 11.0. The van der Waals surface area contributed by atoms with E-state index in [1.165, 1.54) is 50.4 Å². The van der Waals surface area contributed by atoms with E-state index in [-0.39, 0.29) is 12.3 Å². The van der Waals surface area contributed by atoms with Gasteiger partial charge >= 0.3 is 5.97 Å². The Bertz CT molecular complexity index is 865. The van der Waals surface area contributed by atoms with Gasteiger partial charge in [0.25, 0.3) is 0 Å². The Hall–Kier alpha value is -2.97. The molecule has 8 heteroatoms. The lowest BCUT2D eigenvalue weighted by atomic mass is 10.1. The molecule has 1 unspecified atom stereocenters. The Morgan fingerprint density at radius 3 is 2.41 bits per heavy atom. The van der Waals surface area contributed by atoms with Gasteiger partial charge in [-0.1, -0.05) is 24.3 Å². The molecule has 32 heavy (non-hydrogen) atoms. The van der Waals surface area contributed by atoms with Gasteiger partial charge in [-0.3, -0.25) is 14.5 Å². The second-order valence-electron chi connectivity index (χ2n) is 7.92. The molecular weight excluding hydrogens is 408 g/mol. The number of rotatable bonds is 11. The van der Waals surface area contributed by atoms with Gasteiger partial charge in [-0.05, 0) is 62.2 Å². The van der Waals surface area contributed by atoms with Crippen molar-refractivity contribution in [1.82, 2.24) is 15.2 Å². The zero-order chi connectivity index (χ0) is 22.8. The molecule has 2 aromatic rings. The lowest BCUT2D eigenvalue weighted by Crippen LogP contribution is -2.41. The van der Waals surface area contributed by atoms with Crippen LogP contribution >= 0.6 is 0 Å². The molecule has 0 aliphatic carbocycles. The Morgan fingerprint density at radius 1 is 1.06 bits per heavy atom. The van der Waals surface area contributed by atoms with Crippen molar-refractivity contribution in [2.24, 2.45) is 0 Å². The molecule has 1 fully saturated rings. The molecule has 1 aliphatic heterocycles. The molecule has 3 rings (SSSR count). The number of hydrogen-bond donors (Lipinski definition) is 2. The molecule has 172 valence electrons.